The second-order valence-corrected chi connectivity index (χ2v) is 5.88. The van der Waals surface area contributed by atoms with Gasteiger partial charge in [0.1, 0.15) is 11.8 Å². The van der Waals surface area contributed by atoms with Crippen molar-refractivity contribution in [3.63, 3.8) is 0 Å². The fourth-order valence-corrected chi connectivity index (χ4v) is 2.98. The number of nitriles is 1. The summed E-state index contributed by atoms with van der Waals surface area (Å²) in [6, 6.07) is 2.77. The molecule has 1 heterocycles. The molecule has 0 N–H and O–H groups in total. The third-order valence-electron chi connectivity index (χ3n) is 4.64. The monoisotopic (exact) mass is 257 g/mol. The Balaban J connectivity index is 2.22. The van der Waals surface area contributed by atoms with E-state index in [2.05, 4.69) is 36.8 Å². The smallest absolute Gasteiger partial charge is 0.143 e. The molecule has 1 aromatic heterocycles. The standard InChI is InChI=1S/C16H23N3/c1-11-5-7-14(8-6-11)19(4)16-10-18-15(9-17)12(2)13(16)3/h10-11,14H,5-8H2,1-4H3. The van der Waals surface area contributed by atoms with Crippen LogP contribution in [0.5, 0.6) is 0 Å². The second-order valence-electron chi connectivity index (χ2n) is 5.88. The normalized spacial score (nSPS) is 22.9. The summed E-state index contributed by atoms with van der Waals surface area (Å²) in [6.07, 6.45) is 7.01. The van der Waals surface area contributed by atoms with Crippen molar-refractivity contribution < 1.29 is 0 Å². The van der Waals surface area contributed by atoms with Crippen molar-refractivity contribution in [1.82, 2.24) is 4.98 Å². The molecule has 1 saturated carbocycles. The lowest BCUT2D eigenvalue weighted by Crippen LogP contribution is -2.35. The van der Waals surface area contributed by atoms with Gasteiger partial charge in [0, 0.05) is 13.1 Å². The van der Waals surface area contributed by atoms with E-state index in [1.165, 1.54) is 36.9 Å². The molecular formula is C16H23N3. The Bertz CT molecular complexity index is 493. The van der Waals surface area contributed by atoms with E-state index in [1.54, 1.807) is 0 Å². The molecule has 0 spiro atoms. The van der Waals surface area contributed by atoms with Gasteiger partial charge in [-0.05, 0) is 56.6 Å². The van der Waals surface area contributed by atoms with Crippen molar-refractivity contribution in [3.8, 4) is 6.07 Å². The van der Waals surface area contributed by atoms with Crippen molar-refractivity contribution in [2.75, 3.05) is 11.9 Å². The van der Waals surface area contributed by atoms with E-state index in [0.29, 0.717) is 11.7 Å². The van der Waals surface area contributed by atoms with Gasteiger partial charge in [0.25, 0.3) is 0 Å². The summed E-state index contributed by atoms with van der Waals surface area (Å²) < 4.78 is 0. The highest BCUT2D eigenvalue weighted by atomic mass is 15.1. The summed E-state index contributed by atoms with van der Waals surface area (Å²) >= 11 is 0. The van der Waals surface area contributed by atoms with Crippen molar-refractivity contribution in [1.29, 1.82) is 5.26 Å². The van der Waals surface area contributed by atoms with E-state index in [1.807, 2.05) is 13.1 Å². The first-order chi connectivity index (χ1) is 9.04. The SMILES string of the molecule is Cc1c(N(C)C2CCC(C)CC2)cnc(C#N)c1C. The Labute approximate surface area is 116 Å². The van der Waals surface area contributed by atoms with E-state index >= 15 is 0 Å². The van der Waals surface area contributed by atoms with Crippen molar-refractivity contribution in [3.05, 3.63) is 23.0 Å². The minimum atomic E-state index is 0.548. The molecule has 1 fully saturated rings. The zero-order valence-corrected chi connectivity index (χ0v) is 12.4. The third kappa shape index (κ3) is 2.73. The summed E-state index contributed by atoms with van der Waals surface area (Å²) in [5, 5.41) is 9.02. The van der Waals surface area contributed by atoms with Crippen molar-refractivity contribution in [2.45, 2.75) is 52.5 Å². The number of hydrogen-bond donors (Lipinski definition) is 0. The quantitative estimate of drug-likeness (QED) is 0.813. The summed E-state index contributed by atoms with van der Waals surface area (Å²) in [6.45, 7) is 6.42. The molecule has 1 aromatic rings. The molecule has 0 saturated heterocycles. The first-order valence-corrected chi connectivity index (χ1v) is 7.13. The van der Waals surface area contributed by atoms with Crippen LogP contribution in [0.2, 0.25) is 0 Å². The topological polar surface area (TPSA) is 39.9 Å². The van der Waals surface area contributed by atoms with Crippen LogP contribution >= 0.6 is 0 Å². The summed E-state index contributed by atoms with van der Waals surface area (Å²) in [5.74, 6) is 0.867. The van der Waals surface area contributed by atoms with Gasteiger partial charge in [-0.25, -0.2) is 4.98 Å². The fourth-order valence-electron chi connectivity index (χ4n) is 2.98. The molecule has 0 atom stereocenters. The highest BCUT2D eigenvalue weighted by molar-refractivity contribution is 5.57. The number of anilines is 1. The van der Waals surface area contributed by atoms with Crippen LogP contribution < -0.4 is 4.90 Å². The summed E-state index contributed by atoms with van der Waals surface area (Å²) in [4.78, 5) is 6.65. The predicted octanol–water partition coefficient (Wildman–Crippen LogP) is 3.59. The zero-order chi connectivity index (χ0) is 14.0. The van der Waals surface area contributed by atoms with Crippen molar-refractivity contribution in [2.24, 2.45) is 5.92 Å². The molecule has 1 aliphatic rings. The number of hydrogen-bond acceptors (Lipinski definition) is 3. The van der Waals surface area contributed by atoms with Crippen LogP contribution in [0.15, 0.2) is 6.20 Å². The predicted molar refractivity (Wildman–Crippen MR) is 78.2 cm³/mol. The number of pyridine rings is 1. The molecule has 3 nitrogen and oxygen atoms in total. The van der Waals surface area contributed by atoms with E-state index in [4.69, 9.17) is 5.26 Å². The Kier molecular flexibility index (Phi) is 4.09. The zero-order valence-electron chi connectivity index (χ0n) is 12.4. The molecule has 19 heavy (non-hydrogen) atoms. The minimum Gasteiger partial charge on any atom is -0.370 e. The highest BCUT2D eigenvalue weighted by Crippen LogP contribution is 2.31. The van der Waals surface area contributed by atoms with Crippen LogP contribution in [-0.2, 0) is 0 Å². The third-order valence-corrected chi connectivity index (χ3v) is 4.64. The van der Waals surface area contributed by atoms with Crippen LogP contribution in [0.4, 0.5) is 5.69 Å². The van der Waals surface area contributed by atoms with E-state index < -0.39 is 0 Å². The molecule has 0 radical (unpaired) electrons. The molecular weight excluding hydrogens is 234 g/mol. The Morgan fingerprint density at radius 2 is 1.84 bits per heavy atom. The maximum absolute atomic E-state index is 9.02. The van der Waals surface area contributed by atoms with Gasteiger partial charge >= 0.3 is 0 Å². The van der Waals surface area contributed by atoms with Crippen LogP contribution in [0, 0.1) is 31.1 Å². The van der Waals surface area contributed by atoms with Crippen LogP contribution in [-0.4, -0.2) is 18.1 Å². The van der Waals surface area contributed by atoms with E-state index in [-0.39, 0.29) is 0 Å². The number of nitrogens with zero attached hydrogens (tertiary/aromatic N) is 3. The first-order valence-electron chi connectivity index (χ1n) is 7.13. The van der Waals surface area contributed by atoms with Crippen LogP contribution in [0.3, 0.4) is 0 Å². The Hall–Kier alpha value is -1.56. The van der Waals surface area contributed by atoms with Gasteiger partial charge < -0.3 is 4.90 Å². The molecule has 2 rings (SSSR count). The lowest BCUT2D eigenvalue weighted by molar-refractivity contribution is 0.340. The number of aromatic nitrogens is 1. The molecule has 0 amide bonds. The van der Waals surface area contributed by atoms with E-state index in [0.717, 1.165) is 11.5 Å². The van der Waals surface area contributed by atoms with Crippen molar-refractivity contribution >= 4 is 5.69 Å². The molecule has 1 aliphatic carbocycles. The van der Waals surface area contributed by atoms with Gasteiger partial charge in [-0.3, -0.25) is 0 Å². The number of rotatable bonds is 2. The maximum Gasteiger partial charge on any atom is 0.143 e. The molecule has 102 valence electrons. The van der Waals surface area contributed by atoms with Gasteiger partial charge in [-0.2, -0.15) is 5.26 Å². The lowest BCUT2D eigenvalue weighted by atomic mass is 9.86. The molecule has 0 aromatic carbocycles. The van der Waals surface area contributed by atoms with Gasteiger partial charge in [0.15, 0.2) is 0 Å². The van der Waals surface area contributed by atoms with Gasteiger partial charge in [0.2, 0.25) is 0 Å². The summed E-state index contributed by atoms with van der Waals surface area (Å²) in [7, 11) is 2.16. The molecule has 0 unspecified atom stereocenters. The average Bonchev–Trinajstić information content (AvgIpc) is 2.42. The lowest BCUT2D eigenvalue weighted by Gasteiger charge is -2.36. The molecule has 0 bridgehead atoms. The van der Waals surface area contributed by atoms with Gasteiger partial charge in [-0.15, -0.1) is 0 Å². The average molecular weight is 257 g/mol. The van der Waals surface area contributed by atoms with Gasteiger partial charge in [-0.1, -0.05) is 6.92 Å². The van der Waals surface area contributed by atoms with Crippen LogP contribution in [0.1, 0.15) is 49.4 Å². The maximum atomic E-state index is 9.02. The first kappa shape index (κ1) is 13.9. The van der Waals surface area contributed by atoms with Gasteiger partial charge in [0.05, 0.1) is 11.9 Å². The molecule has 3 heteroatoms. The second kappa shape index (κ2) is 5.61. The highest BCUT2D eigenvalue weighted by Gasteiger charge is 2.23. The minimum absolute atomic E-state index is 0.548. The fraction of sp³-hybridized carbons (Fsp3) is 0.625. The molecule has 0 aliphatic heterocycles. The largest absolute Gasteiger partial charge is 0.370 e. The van der Waals surface area contributed by atoms with E-state index in [9.17, 15) is 0 Å². The van der Waals surface area contributed by atoms with Crippen LogP contribution in [0.25, 0.3) is 0 Å². The summed E-state index contributed by atoms with van der Waals surface area (Å²) in [5.41, 5.74) is 3.92. The Morgan fingerprint density at radius 3 is 2.42 bits per heavy atom. The Morgan fingerprint density at radius 1 is 1.21 bits per heavy atom.